The first kappa shape index (κ1) is 18.7. The van der Waals surface area contributed by atoms with Crippen LogP contribution in [0.25, 0.3) is 22.6 Å². The van der Waals surface area contributed by atoms with Crippen LogP contribution in [0.2, 0.25) is 12.1 Å². The molecule has 1 aliphatic heterocycles. The fourth-order valence-electron chi connectivity index (χ4n) is 4.71. The maximum absolute atomic E-state index is 11.2. The predicted molar refractivity (Wildman–Crippen MR) is 116 cm³/mol. The Balaban J connectivity index is 1.62. The highest BCUT2D eigenvalue weighted by molar-refractivity contribution is 7.03. The van der Waals surface area contributed by atoms with E-state index in [2.05, 4.69) is 44.9 Å². The van der Waals surface area contributed by atoms with E-state index in [1.807, 2.05) is 13.1 Å². The molecule has 0 unspecified atom stereocenters. The van der Waals surface area contributed by atoms with Gasteiger partial charge in [0.1, 0.15) is 23.6 Å². The van der Waals surface area contributed by atoms with Gasteiger partial charge < -0.3 is 13.7 Å². The average Bonchev–Trinajstić information content (AvgIpc) is 3.36. The van der Waals surface area contributed by atoms with E-state index < -0.39 is 8.07 Å². The summed E-state index contributed by atoms with van der Waals surface area (Å²) in [6, 6.07) is 14.1. The molecule has 8 heteroatoms. The number of rotatable bonds is 5. The second-order valence-corrected chi connectivity index (χ2v) is 12.2. The number of methoxy groups -OCH3 is 1. The fourth-order valence-corrected chi connectivity index (χ4v) is 9.89. The SMILES string of the molecule is COc1cc(C=O)cc2nc(-c3cccc([Si]4(c5nncn5C)CC(C)C4)c3)oc12. The number of nitrogens with zero attached hydrogens (tertiary/aromatic N) is 4. The van der Waals surface area contributed by atoms with E-state index in [1.165, 1.54) is 5.19 Å². The maximum Gasteiger partial charge on any atom is 0.227 e. The lowest BCUT2D eigenvalue weighted by Crippen LogP contribution is -2.68. The Hall–Kier alpha value is -3.26. The number of carbonyl (C=O) groups excluding carboxylic acids is 1. The van der Waals surface area contributed by atoms with Crippen LogP contribution >= 0.6 is 0 Å². The monoisotopic (exact) mass is 418 g/mol. The van der Waals surface area contributed by atoms with Gasteiger partial charge in [0.25, 0.3) is 0 Å². The van der Waals surface area contributed by atoms with Crippen LogP contribution in [0, 0.1) is 5.92 Å². The van der Waals surface area contributed by atoms with Gasteiger partial charge in [-0.3, -0.25) is 4.79 Å². The normalized spacial score (nSPS) is 20.8. The number of aromatic nitrogens is 4. The van der Waals surface area contributed by atoms with E-state index in [0.717, 1.165) is 29.4 Å². The van der Waals surface area contributed by atoms with Gasteiger partial charge in [0.05, 0.1) is 7.11 Å². The first-order valence-corrected chi connectivity index (χ1v) is 12.3. The van der Waals surface area contributed by atoms with Crippen molar-refractivity contribution in [2.75, 3.05) is 7.11 Å². The molecule has 0 radical (unpaired) electrons. The molecule has 0 spiro atoms. The molecule has 4 aromatic rings. The smallest absolute Gasteiger partial charge is 0.227 e. The predicted octanol–water partition coefficient (Wildman–Crippen LogP) is 2.66. The molecule has 0 amide bonds. The summed E-state index contributed by atoms with van der Waals surface area (Å²) in [7, 11) is 1.64. The summed E-state index contributed by atoms with van der Waals surface area (Å²) in [5.41, 5.74) is 3.68. The minimum absolute atomic E-state index is 0.502. The molecule has 0 atom stereocenters. The molecular weight excluding hydrogens is 396 g/mol. The van der Waals surface area contributed by atoms with Gasteiger partial charge in [0.2, 0.25) is 5.89 Å². The average molecular weight is 419 g/mol. The van der Waals surface area contributed by atoms with Crippen LogP contribution < -0.4 is 15.4 Å². The zero-order valence-electron chi connectivity index (χ0n) is 17.1. The number of aldehydes is 1. The molecule has 2 aromatic carbocycles. The van der Waals surface area contributed by atoms with Crippen molar-refractivity contribution < 1.29 is 13.9 Å². The van der Waals surface area contributed by atoms with E-state index in [4.69, 9.17) is 9.15 Å². The molecule has 0 bridgehead atoms. The molecule has 5 rings (SSSR count). The molecule has 1 fully saturated rings. The fraction of sp³-hybridized carbons (Fsp3) is 0.273. The third kappa shape index (κ3) is 2.79. The van der Waals surface area contributed by atoms with Crippen LogP contribution in [-0.4, -0.2) is 41.2 Å². The highest BCUT2D eigenvalue weighted by Gasteiger charge is 2.50. The Bertz CT molecular complexity index is 1260. The van der Waals surface area contributed by atoms with Crippen LogP contribution in [0.5, 0.6) is 5.75 Å². The Morgan fingerprint density at radius 1 is 1.27 bits per heavy atom. The van der Waals surface area contributed by atoms with Crippen molar-refractivity contribution >= 4 is 36.1 Å². The molecule has 30 heavy (non-hydrogen) atoms. The Labute approximate surface area is 174 Å². The molecular formula is C22H22N4O3Si. The molecule has 0 N–H and O–H groups in total. The minimum atomic E-state index is -1.94. The molecule has 3 heterocycles. The number of hydrogen-bond acceptors (Lipinski definition) is 6. The first-order valence-electron chi connectivity index (χ1n) is 9.93. The van der Waals surface area contributed by atoms with Crippen LogP contribution in [0.1, 0.15) is 17.3 Å². The third-order valence-corrected chi connectivity index (χ3v) is 11.5. The number of oxazole rings is 1. The standard InChI is InChI=1S/C22H22N4O3Si/c1-14-11-30(12-14,22-25-23-13-26(22)2)17-6-4-5-16(9-17)21-24-18-7-15(10-27)8-19(28-3)20(18)29-21/h4-10,13-14H,11-12H2,1-3H3. The van der Waals surface area contributed by atoms with Crippen LogP contribution in [0.3, 0.4) is 0 Å². The van der Waals surface area contributed by atoms with Gasteiger partial charge in [-0.15, -0.1) is 10.2 Å². The largest absolute Gasteiger partial charge is 0.493 e. The van der Waals surface area contributed by atoms with E-state index >= 15 is 0 Å². The molecule has 1 aliphatic rings. The van der Waals surface area contributed by atoms with Gasteiger partial charge in [-0.25, -0.2) is 4.98 Å². The van der Waals surface area contributed by atoms with Crippen molar-refractivity contribution in [1.29, 1.82) is 0 Å². The van der Waals surface area contributed by atoms with E-state index in [9.17, 15) is 4.79 Å². The van der Waals surface area contributed by atoms with Crippen LogP contribution in [0.15, 0.2) is 47.1 Å². The lowest BCUT2D eigenvalue weighted by Gasteiger charge is -2.43. The zero-order valence-corrected chi connectivity index (χ0v) is 18.1. The second-order valence-electron chi connectivity index (χ2n) is 8.15. The van der Waals surface area contributed by atoms with Gasteiger partial charge in [-0.1, -0.05) is 19.1 Å². The quantitative estimate of drug-likeness (QED) is 0.366. The van der Waals surface area contributed by atoms with Crippen molar-refractivity contribution in [3.63, 3.8) is 0 Å². The van der Waals surface area contributed by atoms with Crippen molar-refractivity contribution in [3.8, 4) is 17.2 Å². The van der Waals surface area contributed by atoms with Crippen molar-refractivity contribution in [3.05, 3.63) is 48.3 Å². The van der Waals surface area contributed by atoms with E-state index in [0.29, 0.717) is 34.2 Å². The summed E-state index contributed by atoms with van der Waals surface area (Å²) in [4.78, 5) is 15.9. The van der Waals surface area contributed by atoms with Crippen molar-refractivity contribution in [1.82, 2.24) is 19.7 Å². The zero-order chi connectivity index (χ0) is 20.9. The first-order chi connectivity index (χ1) is 14.5. The third-order valence-electron chi connectivity index (χ3n) is 6.03. The van der Waals surface area contributed by atoms with Gasteiger partial charge in [0, 0.05) is 18.2 Å². The van der Waals surface area contributed by atoms with Crippen molar-refractivity contribution in [2.24, 2.45) is 13.0 Å². The molecule has 1 saturated heterocycles. The summed E-state index contributed by atoms with van der Waals surface area (Å²) in [5.74, 6) is 1.71. The molecule has 7 nitrogen and oxygen atoms in total. The second kappa shape index (κ2) is 6.91. The summed E-state index contributed by atoms with van der Waals surface area (Å²) < 4.78 is 13.5. The minimum Gasteiger partial charge on any atom is -0.493 e. The molecule has 152 valence electrons. The highest BCUT2D eigenvalue weighted by atomic mass is 28.3. The number of carbonyl (C=O) groups is 1. The summed E-state index contributed by atoms with van der Waals surface area (Å²) in [5, 5.41) is 9.94. The van der Waals surface area contributed by atoms with Crippen molar-refractivity contribution in [2.45, 2.75) is 19.0 Å². The molecule has 2 aromatic heterocycles. The highest BCUT2D eigenvalue weighted by Crippen LogP contribution is 2.38. The van der Waals surface area contributed by atoms with Crippen LogP contribution in [-0.2, 0) is 7.05 Å². The van der Waals surface area contributed by atoms with Gasteiger partial charge in [0.15, 0.2) is 19.4 Å². The lowest BCUT2D eigenvalue weighted by atomic mass is 10.2. The van der Waals surface area contributed by atoms with E-state index in [-0.39, 0.29) is 0 Å². The summed E-state index contributed by atoms with van der Waals surface area (Å²) in [6.07, 6.45) is 2.57. The Morgan fingerprint density at radius 2 is 2.10 bits per heavy atom. The summed E-state index contributed by atoms with van der Waals surface area (Å²) >= 11 is 0. The van der Waals surface area contributed by atoms with Gasteiger partial charge in [-0.05, 0) is 47.5 Å². The van der Waals surface area contributed by atoms with Crippen LogP contribution in [0.4, 0.5) is 0 Å². The number of fused-ring (bicyclic) bond motifs is 1. The number of hydrogen-bond donors (Lipinski definition) is 0. The summed E-state index contributed by atoms with van der Waals surface area (Å²) in [6.45, 7) is 2.29. The molecule has 0 saturated carbocycles. The van der Waals surface area contributed by atoms with Gasteiger partial charge in [-0.2, -0.15) is 0 Å². The topological polar surface area (TPSA) is 83.0 Å². The Morgan fingerprint density at radius 3 is 2.77 bits per heavy atom. The van der Waals surface area contributed by atoms with E-state index in [1.54, 1.807) is 25.6 Å². The molecule has 0 aliphatic carbocycles. The number of ether oxygens (including phenoxy) is 1. The number of aryl methyl sites for hydroxylation is 1. The lowest BCUT2D eigenvalue weighted by molar-refractivity contribution is 0.112. The Kier molecular flexibility index (Phi) is 4.32. The van der Waals surface area contributed by atoms with Gasteiger partial charge >= 0.3 is 0 Å². The maximum atomic E-state index is 11.2. The number of benzene rings is 2.